The normalized spacial score (nSPS) is 18.8. The Balaban J connectivity index is 0.00000288. The van der Waals surface area contributed by atoms with Crippen LogP contribution < -0.4 is 10.6 Å². The molecule has 24 heavy (non-hydrogen) atoms. The number of guanidine groups is 1. The Morgan fingerprint density at radius 3 is 2.71 bits per heavy atom. The highest BCUT2D eigenvalue weighted by molar-refractivity contribution is 14.0. The van der Waals surface area contributed by atoms with Crippen LogP contribution in [0.1, 0.15) is 51.9 Å². The lowest BCUT2D eigenvalue weighted by atomic mass is 9.93. The van der Waals surface area contributed by atoms with Gasteiger partial charge in [-0.1, -0.05) is 11.6 Å². The molecule has 2 rings (SSSR count). The van der Waals surface area contributed by atoms with E-state index in [-0.39, 0.29) is 29.9 Å². The van der Waals surface area contributed by atoms with E-state index in [0.717, 1.165) is 51.4 Å². The van der Waals surface area contributed by atoms with E-state index in [2.05, 4.69) is 28.5 Å². The molecule has 0 aromatic heterocycles. The maximum atomic E-state index is 11.5. The van der Waals surface area contributed by atoms with Crippen molar-refractivity contribution in [2.24, 2.45) is 10.9 Å². The average molecular weight is 448 g/mol. The Labute approximate surface area is 163 Å². The molecule has 2 aliphatic rings. The van der Waals surface area contributed by atoms with Crippen molar-refractivity contribution in [2.75, 3.05) is 33.2 Å². The summed E-state index contributed by atoms with van der Waals surface area (Å²) in [5, 5.41) is 6.15. The fraction of sp³-hybridized carbons (Fsp3) is 0.778. The van der Waals surface area contributed by atoms with Crippen LogP contribution >= 0.6 is 24.0 Å². The lowest BCUT2D eigenvalue weighted by Crippen LogP contribution is -2.46. The number of aliphatic imine (C=N–C) groups is 1. The van der Waals surface area contributed by atoms with Crippen LogP contribution in [-0.4, -0.2) is 50.0 Å². The highest BCUT2D eigenvalue weighted by Gasteiger charge is 2.23. The molecule has 1 saturated heterocycles. The second-order valence-corrected chi connectivity index (χ2v) is 6.55. The van der Waals surface area contributed by atoms with Crippen LogP contribution in [0.4, 0.5) is 0 Å². The number of likely N-dealkylation sites (tertiary alicyclic amines) is 1. The molecule has 0 aromatic carbocycles. The summed E-state index contributed by atoms with van der Waals surface area (Å²) in [5.74, 6) is 1.72. The molecule has 138 valence electrons. The summed E-state index contributed by atoms with van der Waals surface area (Å²) >= 11 is 0. The van der Waals surface area contributed by atoms with Crippen molar-refractivity contribution >= 4 is 35.8 Å². The fourth-order valence-corrected chi connectivity index (χ4v) is 3.41. The Morgan fingerprint density at radius 1 is 1.38 bits per heavy atom. The molecular weight excluding hydrogens is 415 g/mol. The maximum absolute atomic E-state index is 11.5. The zero-order valence-electron chi connectivity index (χ0n) is 15.1. The van der Waals surface area contributed by atoms with Gasteiger partial charge < -0.3 is 15.5 Å². The van der Waals surface area contributed by atoms with Crippen molar-refractivity contribution in [2.45, 2.75) is 51.9 Å². The summed E-state index contributed by atoms with van der Waals surface area (Å²) in [6.07, 6.45) is 10.1. The Morgan fingerprint density at radius 2 is 2.12 bits per heavy atom. The van der Waals surface area contributed by atoms with Crippen LogP contribution in [0.15, 0.2) is 16.6 Å². The number of allylic oxidation sites excluding steroid dienone is 1. The monoisotopic (exact) mass is 448 g/mol. The van der Waals surface area contributed by atoms with Gasteiger partial charge in [0.2, 0.25) is 5.91 Å². The molecule has 0 unspecified atom stereocenters. The van der Waals surface area contributed by atoms with E-state index in [1.807, 2.05) is 0 Å². The van der Waals surface area contributed by atoms with Gasteiger partial charge in [-0.25, -0.2) is 0 Å². The van der Waals surface area contributed by atoms with Crippen LogP contribution in [0.5, 0.6) is 0 Å². The number of halogens is 1. The van der Waals surface area contributed by atoms with Gasteiger partial charge in [0.05, 0.1) is 0 Å². The maximum Gasteiger partial charge on any atom is 0.220 e. The number of hydrogen-bond acceptors (Lipinski definition) is 2. The predicted octanol–water partition coefficient (Wildman–Crippen LogP) is 2.92. The summed E-state index contributed by atoms with van der Waals surface area (Å²) < 4.78 is 0. The number of piperidine rings is 1. The highest BCUT2D eigenvalue weighted by Crippen LogP contribution is 2.22. The molecule has 2 N–H and O–H groups in total. The number of nitrogens with zero attached hydrogens (tertiary/aromatic N) is 2. The molecular formula is C18H33IN4O. The highest BCUT2D eigenvalue weighted by atomic mass is 127. The first kappa shape index (κ1) is 21.3. The summed E-state index contributed by atoms with van der Waals surface area (Å²) in [6, 6.07) is 0. The Kier molecular flexibility index (Phi) is 10.4. The SMILES string of the molecule is CCNC(=NCCC1=CCCC1)N1CCC(CC(=O)NC)CC1.I. The smallest absolute Gasteiger partial charge is 0.220 e. The molecule has 6 heteroatoms. The number of carbonyl (C=O) groups is 1. The topological polar surface area (TPSA) is 56.7 Å². The van der Waals surface area contributed by atoms with Crippen LogP contribution in [0.25, 0.3) is 0 Å². The first-order valence-electron chi connectivity index (χ1n) is 9.14. The van der Waals surface area contributed by atoms with Gasteiger partial charge in [0, 0.05) is 39.6 Å². The number of rotatable bonds is 6. The molecule has 0 saturated carbocycles. The lowest BCUT2D eigenvalue weighted by Gasteiger charge is -2.34. The molecule has 1 aliphatic carbocycles. The summed E-state index contributed by atoms with van der Waals surface area (Å²) in [6.45, 7) is 5.89. The van der Waals surface area contributed by atoms with E-state index in [9.17, 15) is 4.79 Å². The van der Waals surface area contributed by atoms with E-state index in [1.54, 1.807) is 12.6 Å². The van der Waals surface area contributed by atoms with E-state index < -0.39 is 0 Å². The lowest BCUT2D eigenvalue weighted by molar-refractivity contribution is -0.121. The van der Waals surface area contributed by atoms with Crippen molar-refractivity contribution in [3.63, 3.8) is 0 Å². The Hall–Kier alpha value is -0.790. The van der Waals surface area contributed by atoms with Gasteiger partial charge in [0.1, 0.15) is 0 Å². The summed E-state index contributed by atoms with van der Waals surface area (Å²) in [4.78, 5) is 18.7. The number of amides is 1. The van der Waals surface area contributed by atoms with E-state index >= 15 is 0 Å². The fourth-order valence-electron chi connectivity index (χ4n) is 3.41. The summed E-state index contributed by atoms with van der Waals surface area (Å²) in [7, 11) is 1.72. The van der Waals surface area contributed by atoms with Gasteiger partial charge in [0.15, 0.2) is 5.96 Å². The van der Waals surface area contributed by atoms with Crippen molar-refractivity contribution in [1.29, 1.82) is 0 Å². The first-order valence-corrected chi connectivity index (χ1v) is 9.14. The van der Waals surface area contributed by atoms with Crippen molar-refractivity contribution < 1.29 is 4.79 Å². The number of hydrogen-bond donors (Lipinski definition) is 2. The van der Waals surface area contributed by atoms with Gasteiger partial charge >= 0.3 is 0 Å². The van der Waals surface area contributed by atoms with Crippen molar-refractivity contribution in [3.8, 4) is 0 Å². The van der Waals surface area contributed by atoms with E-state index in [0.29, 0.717) is 12.3 Å². The quantitative estimate of drug-likeness (QED) is 0.284. The van der Waals surface area contributed by atoms with Crippen LogP contribution in [0.3, 0.4) is 0 Å². The van der Waals surface area contributed by atoms with Crippen LogP contribution in [0, 0.1) is 5.92 Å². The third kappa shape index (κ3) is 6.99. The molecule has 0 spiro atoms. The first-order chi connectivity index (χ1) is 11.2. The zero-order chi connectivity index (χ0) is 16.5. The number of nitrogens with one attached hydrogen (secondary N) is 2. The third-order valence-electron chi connectivity index (χ3n) is 4.83. The minimum atomic E-state index is 0. The minimum absolute atomic E-state index is 0. The Bertz CT molecular complexity index is 442. The van der Waals surface area contributed by atoms with E-state index in [4.69, 9.17) is 4.99 Å². The number of carbonyl (C=O) groups excluding carboxylic acids is 1. The van der Waals surface area contributed by atoms with Crippen molar-refractivity contribution in [3.05, 3.63) is 11.6 Å². The molecule has 0 bridgehead atoms. The van der Waals surface area contributed by atoms with Crippen molar-refractivity contribution in [1.82, 2.24) is 15.5 Å². The van der Waals surface area contributed by atoms with Crippen LogP contribution in [-0.2, 0) is 4.79 Å². The van der Waals surface area contributed by atoms with Gasteiger partial charge in [-0.2, -0.15) is 0 Å². The van der Waals surface area contributed by atoms with Gasteiger partial charge in [-0.3, -0.25) is 9.79 Å². The van der Waals surface area contributed by atoms with Gasteiger partial charge in [0.25, 0.3) is 0 Å². The molecule has 0 atom stereocenters. The summed E-state index contributed by atoms with van der Waals surface area (Å²) in [5.41, 5.74) is 1.58. The second kappa shape index (κ2) is 11.7. The molecule has 5 nitrogen and oxygen atoms in total. The second-order valence-electron chi connectivity index (χ2n) is 6.55. The standard InChI is InChI=1S/C18H32N4O.HI/c1-3-20-18(21-11-8-15-6-4-5-7-15)22-12-9-16(10-13-22)14-17(23)19-2;/h6,16H,3-5,7-14H2,1-2H3,(H,19,23)(H,20,21);1H. The molecule has 1 amide bonds. The average Bonchev–Trinajstić information content (AvgIpc) is 3.08. The molecule has 0 aromatic rings. The van der Waals surface area contributed by atoms with E-state index in [1.165, 1.54) is 19.3 Å². The van der Waals surface area contributed by atoms with Crippen LogP contribution in [0.2, 0.25) is 0 Å². The van der Waals surface area contributed by atoms with Gasteiger partial charge in [-0.15, -0.1) is 24.0 Å². The van der Waals surface area contributed by atoms with Gasteiger partial charge in [-0.05, 0) is 51.4 Å². The molecule has 1 heterocycles. The molecule has 1 fully saturated rings. The predicted molar refractivity (Wildman–Crippen MR) is 111 cm³/mol. The zero-order valence-corrected chi connectivity index (χ0v) is 17.5. The molecule has 0 radical (unpaired) electrons. The largest absolute Gasteiger partial charge is 0.359 e. The minimum Gasteiger partial charge on any atom is -0.359 e. The molecule has 1 aliphatic heterocycles. The third-order valence-corrected chi connectivity index (χ3v) is 4.83.